The van der Waals surface area contributed by atoms with Crippen molar-refractivity contribution in [3.8, 4) is 0 Å². The second-order valence-electron chi connectivity index (χ2n) is 7.49. The SMILES string of the molecule is Cc1ccc(S(=O)(=O)N(C)CC(=O)Nc2ccccc2C(=O)Nc2cccc(C)c2)cc1. The van der Waals surface area contributed by atoms with Crippen molar-refractivity contribution in [1.82, 2.24) is 4.31 Å². The van der Waals surface area contributed by atoms with Crippen molar-refractivity contribution >= 4 is 33.2 Å². The molecule has 2 amide bonds. The summed E-state index contributed by atoms with van der Waals surface area (Å²) in [5.74, 6) is -0.939. The molecule has 0 aliphatic rings. The zero-order valence-corrected chi connectivity index (χ0v) is 18.9. The topological polar surface area (TPSA) is 95.6 Å². The lowest BCUT2D eigenvalue weighted by Gasteiger charge is -2.18. The van der Waals surface area contributed by atoms with Gasteiger partial charge in [-0.2, -0.15) is 4.31 Å². The number of para-hydroxylation sites is 1. The highest BCUT2D eigenvalue weighted by molar-refractivity contribution is 7.89. The van der Waals surface area contributed by atoms with E-state index in [9.17, 15) is 18.0 Å². The third-order valence-electron chi connectivity index (χ3n) is 4.82. The van der Waals surface area contributed by atoms with Crippen molar-refractivity contribution in [2.24, 2.45) is 0 Å². The number of benzene rings is 3. The van der Waals surface area contributed by atoms with Crippen LogP contribution in [-0.2, 0) is 14.8 Å². The summed E-state index contributed by atoms with van der Waals surface area (Å²) in [4.78, 5) is 25.4. The number of sulfonamides is 1. The molecule has 3 aromatic rings. The van der Waals surface area contributed by atoms with Crippen molar-refractivity contribution in [2.45, 2.75) is 18.7 Å². The molecule has 2 N–H and O–H groups in total. The molecule has 3 aromatic carbocycles. The number of nitrogens with one attached hydrogen (secondary N) is 2. The molecule has 0 unspecified atom stereocenters. The van der Waals surface area contributed by atoms with Gasteiger partial charge in [-0.15, -0.1) is 0 Å². The summed E-state index contributed by atoms with van der Waals surface area (Å²) in [6, 6.07) is 20.3. The van der Waals surface area contributed by atoms with Gasteiger partial charge in [0.15, 0.2) is 0 Å². The Morgan fingerprint density at radius 3 is 2.22 bits per heavy atom. The molecular formula is C24H25N3O4S. The molecule has 3 rings (SSSR count). The minimum Gasteiger partial charge on any atom is -0.324 e. The minimum absolute atomic E-state index is 0.108. The van der Waals surface area contributed by atoms with Crippen LogP contribution in [0.25, 0.3) is 0 Å². The Hall–Kier alpha value is -3.49. The number of carbonyl (C=O) groups is 2. The summed E-state index contributed by atoms with van der Waals surface area (Å²) in [7, 11) is -2.48. The van der Waals surface area contributed by atoms with Crippen molar-refractivity contribution in [2.75, 3.05) is 24.2 Å². The maximum atomic E-state index is 12.8. The summed E-state index contributed by atoms with van der Waals surface area (Å²) in [5.41, 5.74) is 3.14. The molecule has 0 heterocycles. The zero-order valence-electron chi connectivity index (χ0n) is 18.1. The Balaban J connectivity index is 1.71. The quantitative estimate of drug-likeness (QED) is 0.571. The van der Waals surface area contributed by atoms with Crippen LogP contribution in [0.1, 0.15) is 21.5 Å². The van der Waals surface area contributed by atoms with Gasteiger partial charge in [0.05, 0.1) is 22.7 Å². The maximum Gasteiger partial charge on any atom is 0.257 e. The van der Waals surface area contributed by atoms with E-state index in [2.05, 4.69) is 10.6 Å². The van der Waals surface area contributed by atoms with Gasteiger partial charge in [-0.25, -0.2) is 8.42 Å². The molecule has 0 saturated carbocycles. The van der Waals surface area contributed by atoms with Gasteiger partial charge in [0, 0.05) is 12.7 Å². The van der Waals surface area contributed by atoms with E-state index in [0.717, 1.165) is 15.4 Å². The molecule has 7 nitrogen and oxygen atoms in total. The van der Waals surface area contributed by atoms with Crippen molar-refractivity contribution in [3.63, 3.8) is 0 Å². The lowest BCUT2D eigenvalue weighted by atomic mass is 10.1. The Morgan fingerprint density at radius 1 is 0.844 bits per heavy atom. The van der Waals surface area contributed by atoms with Crippen LogP contribution in [-0.4, -0.2) is 38.1 Å². The molecular weight excluding hydrogens is 426 g/mol. The first-order valence-corrected chi connectivity index (χ1v) is 11.4. The van der Waals surface area contributed by atoms with E-state index >= 15 is 0 Å². The highest BCUT2D eigenvalue weighted by Gasteiger charge is 2.23. The summed E-state index contributed by atoms with van der Waals surface area (Å²) < 4.78 is 26.4. The number of rotatable bonds is 7. The fraction of sp³-hybridized carbons (Fsp3) is 0.167. The van der Waals surface area contributed by atoms with E-state index in [1.165, 1.54) is 19.2 Å². The van der Waals surface area contributed by atoms with E-state index in [1.807, 2.05) is 32.0 Å². The molecule has 0 aromatic heterocycles. The predicted octanol–water partition coefficient (Wildman–Crippen LogP) is 3.81. The largest absolute Gasteiger partial charge is 0.324 e. The Kier molecular flexibility index (Phi) is 7.07. The summed E-state index contributed by atoms with van der Waals surface area (Å²) in [5, 5.41) is 5.45. The molecule has 0 saturated heterocycles. The maximum absolute atomic E-state index is 12.8. The Labute approximate surface area is 188 Å². The number of anilines is 2. The highest BCUT2D eigenvalue weighted by atomic mass is 32.2. The summed E-state index contributed by atoms with van der Waals surface area (Å²) in [6.45, 7) is 3.38. The number of likely N-dealkylation sites (N-methyl/N-ethyl adjacent to an activating group) is 1. The average molecular weight is 452 g/mol. The van der Waals surface area contributed by atoms with E-state index in [1.54, 1.807) is 42.5 Å². The van der Waals surface area contributed by atoms with E-state index in [0.29, 0.717) is 11.4 Å². The Morgan fingerprint density at radius 2 is 1.53 bits per heavy atom. The monoisotopic (exact) mass is 451 g/mol. The molecule has 166 valence electrons. The lowest BCUT2D eigenvalue weighted by molar-refractivity contribution is -0.116. The normalized spacial score (nSPS) is 11.2. The van der Waals surface area contributed by atoms with Crippen LogP contribution >= 0.6 is 0 Å². The number of carbonyl (C=O) groups excluding carboxylic acids is 2. The molecule has 0 atom stereocenters. The van der Waals surface area contributed by atoms with Crippen LogP contribution in [0.2, 0.25) is 0 Å². The van der Waals surface area contributed by atoms with E-state index in [4.69, 9.17) is 0 Å². The van der Waals surface area contributed by atoms with Crippen LogP contribution in [0.4, 0.5) is 11.4 Å². The predicted molar refractivity (Wildman–Crippen MR) is 125 cm³/mol. The smallest absolute Gasteiger partial charge is 0.257 e. The van der Waals surface area contributed by atoms with Gasteiger partial charge < -0.3 is 10.6 Å². The first-order valence-electron chi connectivity index (χ1n) is 9.97. The second-order valence-corrected chi connectivity index (χ2v) is 9.54. The number of hydrogen-bond donors (Lipinski definition) is 2. The van der Waals surface area contributed by atoms with Crippen molar-refractivity contribution in [3.05, 3.63) is 89.5 Å². The minimum atomic E-state index is -3.82. The molecule has 0 fully saturated rings. The molecule has 0 spiro atoms. The fourth-order valence-corrected chi connectivity index (χ4v) is 4.21. The standard InChI is InChI=1S/C24H25N3O4S/c1-17-11-13-20(14-12-17)32(30,31)27(3)16-23(28)26-22-10-5-4-9-21(22)24(29)25-19-8-6-7-18(2)15-19/h4-15H,16H2,1-3H3,(H,25,29)(H,26,28). The molecule has 0 bridgehead atoms. The molecule has 0 radical (unpaired) electrons. The van der Waals surface area contributed by atoms with Crippen LogP contribution in [0.5, 0.6) is 0 Å². The van der Waals surface area contributed by atoms with E-state index in [-0.39, 0.29) is 16.4 Å². The van der Waals surface area contributed by atoms with Crippen molar-refractivity contribution < 1.29 is 18.0 Å². The van der Waals surface area contributed by atoms with Gasteiger partial charge in [-0.1, -0.05) is 42.0 Å². The Bertz CT molecular complexity index is 1240. The molecule has 32 heavy (non-hydrogen) atoms. The fourth-order valence-electron chi connectivity index (χ4n) is 3.08. The highest BCUT2D eigenvalue weighted by Crippen LogP contribution is 2.19. The average Bonchev–Trinajstić information content (AvgIpc) is 2.74. The molecule has 0 aliphatic carbocycles. The summed E-state index contributed by atoms with van der Waals surface area (Å²) in [6.07, 6.45) is 0. The van der Waals surface area contributed by atoms with Gasteiger partial charge in [-0.3, -0.25) is 9.59 Å². The van der Waals surface area contributed by atoms with E-state index < -0.39 is 22.5 Å². The van der Waals surface area contributed by atoms with Gasteiger partial charge in [0.2, 0.25) is 15.9 Å². The number of nitrogens with zero attached hydrogens (tertiary/aromatic N) is 1. The number of aryl methyl sites for hydroxylation is 2. The lowest BCUT2D eigenvalue weighted by Crippen LogP contribution is -2.35. The van der Waals surface area contributed by atoms with Gasteiger partial charge >= 0.3 is 0 Å². The second kappa shape index (κ2) is 9.76. The molecule has 0 aliphatic heterocycles. The van der Waals surface area contributed by atoms with Gasteiger partial charge in [0.1, 0.15) is 0 Å². The van der Waals surface area contributed by atoms with Crippen LogP contribution in [0, 0.1) is 13.8 Å². The number of hydrogen-bond acceptors (Lipinski definition) is 4. The molecule has 8 heteroatoms. The zero-order chi connectivity index (χ0) is 23.3. The first-order chi connectivity index (χ1) is 15.2. The first kappa shape index (κ1) is 23.2. The third-order valence-corrected chi connectivity index (χ3v) is 6.63. The third kappa shape index (κ3) is 5.60. The van der Waals surface area contributed by atoms with Crippen LogP contribution in [0.3, 0.4) is 0 Å². The summed E-state index contributed by atoms with van der Waals surface area (Å²) >= 11 is 0. The van der Waals surface area contributed by atoms with Crippen LogP contribution < -0.4 is 10.6 Å². The number of amides is 2. The van der Waals surface area contributed by atoms with Crippen molar-refractivity contribution in [1.29, 1.82) is 0 Å². The van der Waals surface area contributed by atoms with Gasteiger partial charge in [0.25, 0.3) is 5.91 Å². The van der Waals surface area contributed by atoms with Crippen LogP contribution in [0.15, 0.2) is 77.7 Å². The van der Waals surface area contributed by atoms with Gasteiger partial charge in [-0.05, 0) is 55.8 Å².